The van der Waals surface area contributed by atoms with E-state index in [9.17, 15) is 18.0 Å². The van der Waals surface area contributed by atoms with Crippen LogP contribution in [0.2, 0.25) is 0 Å². The van der Waals surface area contributed by atoms with E-state index in [1.54, 1.807) is 43.9 Å². The Morgan fingerprint density at radius 3 is 2.45 bits per heavy atom. The summed E-state index contributed by atoms with van der Waals surface area (Å²) in [7, 11) is 1.72. The van der Waals surface area contributed by atoms with Gasteiger partial charge in [-0.05, 0) is 43.9 Å². The minimum absolute atomic E-state index is 0.0287. The molecule has 0 N–H and O–H groups in total. The molecule has 0 bridgehead atoms. The molecule has 0 radical (unpaired) electrons. The fourth-order valence-electron chi connectivity index (χ4n) is 4.43. The van der Waals surface area contributed by atoms with Gasteiger partial charge in [-0.3, -0.25) is 9.25 Å². The standard InChI is InChI=1S/C29H29F3N6O4/c1-5-37-25(17-40-16-20-9-7-6-8-10-20)35-38(28(37)39)22-13-21-11-12-33-27(42-24-15-36(4)34-18(24)2)26(21)23(14-22)41-19(3)29(30,31)32/h6-15,19H,5,16-17H2,1-4H3/t19-/m0/s1. The zero-order valence-corrected chi connectivity index (χ0v) is 23.4. The first-order valence-electron chi connectivity index (χ1n) is 13.2. The van der Waals surface area contributed by atoms with E-state index in [4.69, 9.17) is 14.2 Å². The summed E-state index contributed by atoms with van der Waals surface area (Å²) in [6.45, 7) is 5.13. The number of benzene rings is 2. The Kier molecular flexibility index (Phi) is 8.03. The average molecular weight is 583 g/mol. The number of halogens is 3. The van der Waals surface area contributed by atoms with Crippen molar-refractivity contribution in [3.05, 3.63) is 88.5 Å². The van der Waals surface area contributed by atoms with E-state index in [-0.39, 0.29) is 29.3 Å². The first kappa shape index (κ1) is 28.9. The number of alkyl halides is 3. The number of pyridine rings is 1. The third kappa shape index (κ3) is 6.00. The quantitative estimate of drug-likeness (QED) is 0.215. The number of aryl methyl sites for hydroxylation is 2. The minimum atomic E-state index is -4.64. The van der Waals surface area contributed by atoms with E-state index in [1.165, 1.54) is 16.8 Å². The second-order valence-electron chi connectivity index (χ2n) is 9.65. The molecule has 0 amide bonds. The van der Waals surface area contributed by atoms with Crippen LogP contribution in [0.15, 0.2) is 65.7 Å². The maximum atomic E-state index is 13.6. The van der Waals surface area contributed by atoms with Crippen LogP contribution in [0, 0.1) is 6.92 Å². The van der Waals surface area contributed by atoms with Crippen molar-refractivity contribution in [1.82, 2.24) is 29.1 Å². The van der Waals surface area contributed by atoms with Crippen molar-refractivity contribution < 1.29 is 27.4 Å². The molecule has 10 nitrogen and oxygen atoms in total. The molecule has 0 spiro atoms. The molecule has 13 heteroatoms. The lowest BCUT2D eigenvalue weighted by Crippen LogP contribution is -2.31. The highest BCUT2D eigenvalue weighted by atomic mass is 19.4. The van der Waals surface area contributed by atoms with Crippen LogP contribution in [0.4, 0.5) is 13.2 Å². The van der Waals surface area contributed by atoms with Crippen LogP contribution in [-0.4, -0.2) is 41.4 Å². The number of ether oxygens (including phenoxy) is 3. The Morgan fingerprint density at radius 2 is 1.79 bits per heavy atom. The number of hydrogen-bond acceptors (Lipinski definition) is 7. The maximum Gasteiger partial charge on any atom is 0.425 e. The van der Waals surface area contributed by atoms with Crippen molar-refractivity contribution in [2.24, 2.45) is 7.05 Å². The van der Waals surface area contributed by atoms with Gasteiger partial charge in [0.15, 0.2) is 17.7 Å². The average Bonchev–Trinajstić information content (AvgIpc) is 3.44. The van der Waals surface area contributed by atoms with Crippen LogP contribution in [0.3, 0.4) is 0 Å². The third-order valence-corrected chi connectivity index (χ3v) is 6.56. The van der Waals surface area contributed by atoms with E-state index >= 15 is 0 Å². The smallest absolute Gasteiger partial charge is 0.425 e. The first-order chi connectivity index (χ1) is 20.0. The molecule has 0 aliphatic heterocycles. The summed E-state index contributed by atoms with van der Waals surface area (Å²) in [5, 5.41) is 9.34. The van der Waals surface area contributed by atoms with Crippen LogP contribution in [0.25, 0.3) is 16.5 Å². The van der Waals surface area contributed by atoms with E-state index in [2.05, 4.69) is 15.2 Å². The summed E-state index contributed by atoms with van der Waals surface area (Å²) in [6.07, 6.45) is -3.71. The number of fused-ring (bicyclic) bond motifs is 1. The molecule has 2 aromatic carbocycles. The Bertz CT molecular complexity index is 1760. The lowest BCUT2D eigenvalue weighted by Gasteiger charge is -2.20. The van der Waals surface area contributed by atoms with Gasteiger partial charge in [0.05, 0.1) is 23.9 Å². The molecule has 3 aromatic heterocycles. The van der Waals surface area contributed by atoms with E-state index in [0.29, 0.717) is 35.8 Å². The van der Waals surface area contributed by atoms with E-state index in [1.807, 2.05) is 30.3 Å². The number of rotatable bonds is 10. The normalized spacial score (nSPS) is 12.5. The summed E-state index contributed by atoms with van der Waals surface area (Å²) in [5.74, 6) is 0.614. The molecular formula is C29H29F3N6O4. The molecule has 5 aromatic rings. The van der Waals surface area contributed by atoms with Gasteiger partial charge in [-0.25, -0.2) is 9.78 Å². The van der Waals surface area contributed by atoms with Crippen LogP contribution >= 0.6 is 0 Å². The van der Waals surface area contributed by atoms with Crippen molar-refractivity contribution in [3.8, 4) is 23.1 Å². The molecule has 0 aliphatic carbocycles. The van der Waals surface area contributed by atoms with Gasteiger partial charge in [-0.15, -0.1) is 5.10 Å². The summed E-state index contributed by atoms with van der Waals surface area (Å²) < 4.78 is 62.2. The Balaban J connectivity index is 1.57. The van der Waals surface area contributed by atoms with Gasteiger partial charge >= 0.3 is 11.9 Å². The highest BCUT2D eigenvalue weighted by Gasteiger charge is 2.38. The largest absolute Gasteiger partial charge is 0.480 e. The van der Waals surface area contributed by atoms with Crippen molar-refractivity contribution in [2.45, 2.75) is 52.8 Å². The van der Waals surface area contributed by atoms with Gasteiger partial charge in [-0.1, -0.05) is 30.3 Å². The number of hydrogen-bond donors (Lipinski definition) is 0. The summed E-state index contributed by atoms with van der Waals surface area (Å²) >= 11 is 0. The van der Waals surface area contributed by atoms with Crippen LogP contribution in [0.5, 0.6) is 17.4 Å². The monoisotopic (exact) mass is 582 g/mol. The molecule has 42 heavy (non-hydrogen) atoms. The highest BCUT2D eigenvalue weighted by molar-refractivity contribution is 5.94. The maximum absolute atomic E-state index is 13.6. The summed E-state index contributed by atoms with van der Waals surface area (Å²) in [4.78, 5) is 17.6. The van der Waals surface area contributed by atoms with Crippen molar-refractivity contribution >= 4 is 10.8 Å². The molecule has 0 unspecified atom stereocenters. The van der Waals surface area contributed by atoms with Gasteiger partial charge in [0.1, 0.15) is 18.1 Å². The molecule has 5 rings (SSSR count). The molecule has 0 saturated heterocycles. The zero-order valence-electron chi connectivity index (χ0n) is 23.4. The summed E-state index contributed by atoms with van der Waals surface area (Å²) in [5.41, 5.74) is 1.27. The zero-order chi connectivity index (χ0) is 30.0. The number of nitrogens with zero attached hydrogens (tertiary/aromatic N) is 6. The Hall–Kier alpha value is -4.65. The topological polar surface area (TPSA) is 98.2 Å². The predicted molar refractivity (Wildman–Crippen MR) is 148 cm³/mol. The fourth-order valence-corrected chi connectivity index (χ4v) is 4.43. The highest BCUT2D eigenvalue weighted by Crippen LogP contribution is 2.39. The molecule has 0 aliphatic rings. The minimum Gasteiger partial charge on any atom is -0.480 e. The van der Waals surface area contributed by atoms with Gasteiger partial charge < -0.3 is 14.2 Å². The summed E-state index contributed by atoms with van der Waals surface area (Å²) in [6, 6.07) is 14.1. The van der Waals surface area contributed by atoms with E-state index in [0.717, 1.165) is 17.2 Å². The van der Waals surface area contributed by atoms with Gasteiger partial charge in [-0.2, -0.15) is 23.0 Å². The third-order valence-electron chi connectivity index (χ3n) is 6.56. The second kappa shape index (κ2) is 11.7. The lowest BCUT2D eigenvalue weighted by atomic mass is 10.1. The molecule has 3 heterocycles. The second-order valence-corrected chi connectivity index (χ2v) is 9.65. The molecule has 1 atom stereocenters. The SMILES string of the molecule is CCn1c(COCc2ccccc2)nn(-c2cc(O[C@@H](C)C(F)(F)F)c3c(Oc4cn(C)nc4C)nccc3c2)c1=O. The predicted octanol–water partition coefficient (Wildman–Crippen LogP) is 5.48. The van der Waals surface area contributed by atoms with E-state index < -0.39 is 18.0 Å². The molecule has 220 valence electrons. The van der Waals surface area contributed by atoms with Crippen LogP contribution in [0.1, 0.15) is 30.9 Å². The van der Waals surface area contributed by atoms with Gasteiger partial charge in [0, 0.05) is 25.9 Å². The fraction of sp³-hybridized carbons (Fsp3) is 0.310. The lowest BCUT2D eigenvalue weighted by molar-refractivity contribution is -0.189. The van der Waals surface area contributed by atoms with Crippen LogP contribution < -0.4 is 15.2 Å². The molecule has 0 saturated carbocycles. The van der Waals surface area contributed by atoms with Crippen molar-refractivity contribution in [2.75, 3.05) is 0 Å². The van der Waals surface area contributed by atoms with Gasteiger partial charge in [0.25, 0.3) is 0 Å². The number of aromatic nitrogens is 6. The van der Waals surface area contributed by atoms with Crippen molar-refractivity contribution in [3.63, 3.8) is 0 Å². The Morgan fingerprint density at radius 1 is 1.02 bits per heavy atom. The van der Waals surface area contributed by atoms with Crippen LogP contribution in [-0.2, 0) is 31.5 Å². The van der Waals surface area contributed by atoms with Gasteiger partial charge in [0.2, 0.25) is 5.88 Å². The first-order valence-corrected chi connectivity index (χ1v) is 13.2. The molecule has 0 fully saturated rings. The van der Waals surface area contributed by atoms with Crippen molar-refractivity contribution in [1.29, 1.82) is 0 Å². The molecular weight excluding hydrogens is 553 g/mol. The Labute approximate surface area is 238 Å².